The van der Waals surface area contributed by atoms with Crippen LogP contribution in [0.3, 0.4) is 0 Å². The summed E-state index contributed by atoms with van der Waals surface area (Å²) in [5.74, 6) is -0.0298. The third-order valence-electron chi connectivity index (χ3n) is 5.50. The second-order valence-corrected chi connectivity index (χ2v) is 8.52. The number of H-pyrrole nitrogens is 1. The zero-order chi connectivity index (χ0) is 21.2. The highest BCUT2D eigenvalue weighted by atomic mass is 32.1. The molecule has 0 spiro atoms. The Hall–Kier alpha value is -3.45. The Labute approximate surface area is 184 Å². The molecule has 7 heteroatoms. The lowest BCUT2D eigenvalue weighted by Gasteiger charge is -2.19. The fourth-order valence-corrected chi connectivity index (χ4v) is 4.85. The van der Waals surface area contributed by atoms with Crippen LogP contribution >= 0.6 is 11.3 Å². The number of aromatic amines is 1. The number of benzene rings is 2. The maximum Gasteiger partial charge on any atom is 0.262 e. The Kier molecular flexibility index (Phi) is 5.26. The smallest absolute Gasteiger partial charge is 0.262 e. The lowest BCUT2D eigenvalue weighted by Crippen LogP contribution is -2.32. The Morgan fingerprint density at radius 2 is 2.13 bits per heavy atom. The summed E-state index contributed by atoms with van der Waals surface area (Å²) in [4.78, 5) is 27.6. The first-order chi connectivity index (χ1) is 15.2. The van der Waals surface area contributed by atoms with Crippen molar-refractivity contribution in [2.45, 2.75) is 26.3 Å². The number of fused-ring (bicyclic) bond motifs is 2. The largest absolute Gasteiger partial charge is 0.360 e. The van der Waals surface area contributed by atoms with Crippen LogP contribution in [0.4, 0.5) is 5.13 Å². The van der Waals surface area contributed by atoms with E-state index in [4.69, 9.17) is 4.98 Å². The van der Waals surface area contributed by atoms with E-state index in [-0.39, 0.29) is 5.91 Å². The van der Waals surface area contributed by atoms with Crippen molar-refractivity contribution in [1.29, 1.82) is 0 Å². The Morgan fingerprint density at radius 1 is 1.23 bits per heavy atom. The molecule has 156 valence electrons. The number of nitrogens with zero attached hydrogens (tertiary/aromatic N) is 4. The number of rotatable bonds is 7. The summed E-state index contributed by atoms with van der Waals surface area (Å²) < 4.78 is 3.14. The van der Waals surface area contributed by atoms with E-state index in [0.717, 1.165) is 45.6 Å². The number of nitrogens with one attached hydrogen (secondary N) is 1. The molecule has 1 amide bonds. The fourth-order valence-electron chi connectivity index (χ4n) is 3.80. The number of carbonyl (C=O) groups excluding carboxylic acids is 1. The number of hydrogen-bond acceptors (Lipinski definition) is 4. The summed E-state index contributed by atoms with van der Waals surface area (Å²) in [5.41, 5.74) is 3.84. The molecule has 2 aromatic carbocycles. The molecule has 0 aliphatic rings. The minimum absolute atomic E-state index is 0.0298. The molecule has 0 aliphatic heterocycles. The number of hydrogen-bond donors (Lipinski definition) is 1. The van der Waals surface area contributed by atoms with Crippen LogP contribution in [0.1, 0.15) is 29.3 Å². The number of para-hydroxylation sites is 1. The molecule has 0 radical (unpaired) electrons. The number of amides is 1. The highest BCUT2D eigenvalue weighted by Gasteiger charge is 2.23. The van der Waals surface area contributed by atoms with E-state index in [9.17, 15) is 4.79 Å². The summed E-state index contributed by atoms with van der Waals surface area (Å²) in [6.07, 6.45) is 9.10. The quantitative estimate of drug-likeness (QED) is 0.383. The normalized spacial score (nSPS) is 11.4. The molecule has 31 heavy (non-hydrogen) atoms. The highest BCUT2D eigenvalue weighted by Crippen LogP contribution is 2.32. The van der Waals surface area contributed by atoms with Crippen LogP contribution < -0.4 is 4.90 Å². The molecule has 0 saturated heterocycles. The van der Waals surface area contributed by atoms with E-state index in [1.165, 1.54) is 5.56 Å². The van der Waals surface area contributed by atoms with Gasteiger partial charge in [0.05, 0.1) is 22.1 Å². The number of aryl methyl sites for hydroxylation is 2. The second-order valence-electron chi connectivity index (χ2n) is 7.51. The molecule has 0 aliphatic carbocycles. The maximum atomic E-state index is 13.7. The van der Waals surface area contributed by atoms with Crippen LogP contribution in [0, 0.1) is 0 Å². The first-order valence-electron chi connectivity index (χ1n) is 10.5. The summed E-state index contributed by atoms with van der Waals surface area (Å²) >= 11 is 1.58. The topological polar surface area (TPSA) is 66.8 Å². The van der Waals surface area contributed by atoms with Gasteiger partial charge in [-0.2, -0.15) is 0 Å². The van der Waals surface area contributed by atoms with Gasteiger partial charge in [0, 0.05) is 42.6 Å². The van der Waals surface area contributed by atoms with Crippen LogP contribution in [-0.4, -0.2) is 32.0 Å². The minimum atomic E-state index is -0.0298. The lowest BCUT2D eigenvalue weighted by atomic mass is 10.1. The molecule has 3 heterocycles. The van der Waals surface area contributed by atoms with Gasteiger partial charge in [-0.05, 0) is 36.6 Å². The van der Waals surface area contributed by atoms with E-state index in [0.29, 0.717) is 12.1 Å². The summed E-state index contributed by atoms with van der Waals surface area (Å²) in [7, 11) is 0. The van der Waals surface area contributed by atoms with Gasteiger partial charge in [0.25, 0.3) is 5.91 Å². The first kappa shape index (κ1) is 19.5. The standard InChI is InChI=1S/C24H23N5OS/c1-2-17-8-9-21-22(14-17)31-24(27-21)29(12-5-11-28-13-10-25-16-28)23(30)19-15-26-20-7-4-3-6-18(19)20/h3-4,6-10,13-16,26H,2,5,11-12H2,1H3. The van der Waals surface area contributed by atoms with Crippen LogP contribution in [0.5, 0.6) is 0 Å². The van der Waals surface area contributed by atoms with Gasteiger partial charge in [-0.1, -0.05) is 42.5 Å². The number of carbonyl (C=O) groups is 1. The van der Waals surface area contributed by atoms with Gasteiger partial charge < -0.3 is 9.55 Å². The third-order valence-corrected chi connectivity index (χ3v) is 6.54. The van der Waals surface area contributed by atoms with Crippen molar-refractivity contribution in [2.24, 2.45) is 0 Å². The predicted molar refractivity (Wildman–Crippen MR) is 126 cm³/mol. The van der Waals surface area contributed by atoms with Crippen molar-refractivity contribution in [3.63, 3.8) is 0 Å². The molecular formula is C24H23N5OS. The first-order valence-corrected chi connectivity index (χ1v) is 11.3. The minimum Gasteiger partial charge on any atom is -0.360 e. The van der Waals surface area contributed by atoms with Gasteiger partial charge in [0.2, 0.25) is 0 Å². The Bertz CT molecular complexity index is 1330. The van der Waals surface area contributed by atoms with Crippen LogP contribution in [0.25, 0.3) is 21.1 Å². The summed E-state index contributed by atoms with van der Waals surface area (Å²) in [6, 6.07) is 14.2. The highest BCUT2D eigenvalue weighted by molar-refractivity contribution is 7.22. The molecule has 0 bridgehead atoms. The maximum absolute atomic E-state index is 13.7. The second kappa shape index (κ2) is 8.35. The average molecular weight is 430 g/mol. The van der Waals surface area contributed by atoms with Crippen LogP contribution in [-0.2, 0) is 13.0 Å². The molecule has 5 aromatic rings. The van der Waals surface area contributed by atoms with Crippen molar-refractivity contribution < 1.29 is 4.79 Å². The van der Waals surface area contributed by atoms with Crippen molar-refractivity contribution >= 4 is 43.5 Å². The zero-order valence-corrected chi connectivity index (χ0v) is 18.1. The van der Waals surface area contributed by atoms with E-state index in [2.05, 4.69) is 29.0 Å². The Balaban J connectivity index is 1.49. The lowest BCUT2D eigenvalue weighted by molar-refractivity contribution is 0.0988. The Morgan fingerprint density at radius 3 is 2.97 bits per heavy atom. The van der Waals surface area contributed by atoms with Crippen LogP contribution in [0.15, 0.2) is 67.4 Å². The zero-order valence-electron chi connectivity index (χ0n) is 17.3. The number of aromatic nitrogens is 4. The van der Waals surface area contributed by atoms with E-state index in [1.807, 2.05) is 46.0 Å². The summed E-state index contributed by atoms with van der Waals surface area (Å²) in [5, 5.41) is 1.67. The molecule has 1 N–H and O–H groups in total. The van der Waals surface area contributed by atoms with Gasteiger partial charge >= 0.3 is 0 Å². The monoisotopic (exact) mass is 429 g/mol. The van der Waals surface area contributed by atoms with Gasteiger partial charge in [-0.3, -0.25) is 9.69 Å². The van der Waals surface area contributed by atoms with E-state index in [1.54, 1.807) is 30.1 Å². The molecule has 5 rings (SSSR count). The SMILES string of the molecule is CCc1ccc2nc(N(CCCn3ccnc3)C(=O)c3c[nH]c4ccccc34)sc2c1. The number of imidazole rings is 1. The van der Waals surface area contributed by atoms with Crippen molar-refractivity contribution in [1.82, 2.24) is 19.5 Å². The van der Waals surface area contributed by atoms with Gasteiger partial charge in [0.15, 0.2) is 5.13 Å². The molecule has 3 aromatic heterocycles. The molecule has 0 atom stereocenters. The van der Waals surface area contributed by atoms with Crippen molar-refractivity contribution in [3.8, 4) is 0 Å². The predicted octanol–water partition coefficient (Wildman–Crippen LogP) is 5.27. The molecule has 0 fully saturated rings. The molecule has 0 unspecified atom stereocenters. The van der Waals surface area contributed by atoms with Crippen LogP contribution in [0.2, 0.25) is 0 Å². The third kappa shape index (κ3) is 3.84. The van der Waals surface area contributed by atoms with Crippen molar-refractivity contribution in [2.75, 3.05) is 11.4 Å². The average Bonchev–Trinajstić information content (AvgIpc) is 3.55. The molecular weight excluding hydrogens is 406 g/mol. The van der Waals surface area contributed by atoms with Gasteiger partial charge in [-0.15, -0.1) is 0 Å². The van der Waals surface area contributed by atoms with Gasteiger partial charge in [0.1, 0.15) is 0 Å². The number of thiazole rings is 1. The summed E-state index contributed by atoms with van der Waals surface area (Å²) in [6.45, 7) is 3.52. The van der Waals surface area contributed by atoms with E-state index >= 15 is 0 Å². The molecule has 0 saturated carbocycles. The van der Waals surface area contributed by atoms with Gasteiger partial charge in [-0.25, -0.2) is 9.97 Å². The van der Waals surface area contributed by atoms with Crippen molar-refractivity contribution in [3.05, 3.63) is 78.5 Å². The van der Waals surface area contributed by atoms with E-state index < -0.39 is 0 Å². The number of anilines is 1. The molecule has 6 nitrogen and oxygen atoms in total. The fraction of sp³-hybridized carbons (Fsp3) is 0.208.